The molecule has 2 bridgehead atoms. The van der Waals surface area contributed by atoms with Gasteiger partial charge in [0.05, 0.1) is 6.61 Å². The average Bonchev–Trinajstić information content (AvgIpc) is 2.83. The quantitative estimate of drug-likeness (QED) is 0.523. The molecular weight excluding hydrogens is 275 g/mol. The molecule has 1 saturated carbocycles. The molecule has 2 fully saturated rings. The molecule has 0 aromatic heterocycles. The number of allylic oxidation sites excluding steroid dienone is 1. The van der Waals surface area contributed by atoms with Crippen molar-refractivity contribution >= 4 is 0 Å². The summed E-state index contributed by atoms with van der Waals surface area (Å²) in [5, 5.41) is 19.5. The van der Waals surface area contributed by atoms with Gasteiger partial charge in [-0.05, 0) is 12.3 Å². The minimum atomic E-state index is -5.69. The summed E-state index contributed by atoms with van der Waals surface area (Å²) >= 11 is 0. The molecule has 108 valence electrons. The summed E-state index contributed by atoms with van der Waals surface area (Å²) in [5.74, 6) is -12.2. The van der Waals surface area contributed by atoms with Crippen LogP contribution in [0.2, 0.25) is 0 Å². The molecule has 1 saturated heterocycles. The Morgan fingerprint density at radius 1 is 1.16 bits per heavy atom. The van der Waals surface area contributed by atoms with Gasteiger partial charge in [-0.25, -0.2) is 0 Å². The lowest BCUT2D eigenvalue weighted by Crippen LogP contribution is -2.76. The lowest BCUT2D eigenvalue weighted by Gasteiger charge is -2.52. The van der Waals surface area contributed by atoms with Crippen molar-refractivity contribution in [2.75, 3.05) is 6.61 Å². The third-order valence-corrected chi connectivity index (χ3v) is 4.55. The van der Waals surface area contributed by atoms with Crippen LogP contribution < -0.4 is 0 Å². The molecule has 2 aliphatic carbocycles. The van der Waals surface area contributed by atoms with Gasteiger partial charge in [-0.3, -0.25) is 0 Å². The maximum Gasteiger partial charge on any atom is 0.449 e. The van der Waals surface area contributed by atoms with Gasteiger partial charge in [0.25, 0.3) is 0 Å². The van der Waals surface area contributed by atoms with E-state index in [1.807, 2.05) is 0 Å². The Morgan fingerprint density at radius 3 is 2.37 bits per heavy atom. The van der Waals surface area contributed by atoms with Crippen molar-refractivity contribution in [2.45, 2.75) is 29.9 Å². The van der Waals surface area contributed by atoms with Gasteiger partial charge in [0.15, 0.2) is 0 Å². The minimum absolute atomic E-state index is 0.147. The highest BCUT2D eigenvalue weighted by atomic mass is 19.4. The van der Waals surface area contributed by atoms with Crippen LogP contribution in [0.1, 0.15) is 6.42 Å². The van der Waals surface area contributed by atoms with E-state index < -0.39 is 47.8 Å². The van der Waals surface area contributed by atoms with Gasteiger partial charge in [-0.15, -0.1) is 0 Å². The zero-order chi connectivity index (χ0) is 14.3. The van der Waals surface area contributed by atoms with Gasteiger partial charge in [-0.1, -0.05) is 12.2 Å². The topological polar surface area (TPSA) is 49.7 Å². The second kappa shape index (κ2) is 3.29. The molecule has 0 aromatic rings. The molecule has 0 aromatic carbocycles. The number of hydrogen-bond acceptors (Lipinski definition) is 3. The maximum atomic E-state index is 14.2. The van der Waals surface area contributed by atoms with Crippen molar-refractivity contribution < 1.29 is 36.9 Å². The lowest BCUT2D eigenvalue weighted by atomic mass is 9.70. The van der Waals surface area contributed by atoms with Crippen molar-refractivity contribution in [2.24, 2.45) is 17.8 Å². The molecule has 0 amide bonds. The first-order chi connectivity index (χ1) is 8.56. The predicted molar refractivity (Wildman–Crippen MR) is 51.1 cm³/mol. The SMILES string of the molecule is OC12C3C=CC(C3)C1COC(O)(C(F)(F)F)C2(F)F. The van der Waals surface area contributed by atoms with Gasteiger partial charge < -0.3 is 14.9 Å². The molecule has 2 N–H and O–H groups in total. The van der Waals surface area contributed by atoms with Gasteiger partial charge in [0.2, 0.25) is 0 Å². The van der Waals surface area contributed by atoms with E-state index in [-0.39, 0.29) is 6.42 Å². The summed E-state index contributed by atoms with van der Waals surface area (Å²) in [4.78, 5) is 0. The Kier molecular flexibility index (Phi) is 2.30. The molecule has 5 atom stereocenters. The minimum Gasteiger partial charge on any atom is -0.382 e. The van der Waals surface area contributed by atoms with Gasteiger partial charge in [0, 0.05) is 11.8 Å². The fourth-order valence-corrected chi connectivity index (χ4v) is 3.50. The first-order valence-corrected chi connectivity index (χ1v) is 5.77. The lowest BCUT2D eigenvalue weighted by molar-refractivity contribution is -0.481. The van der Waals surface area contributed by atoms with Crippen LogP contribution in [0.3, 0.4) is 0 Å². The Hall–Kier alpha value is -0.730. The van der Waals surface area contributed by atoms with Crippen LogP contribution >= 0.6 is 0 Å². The molecule has 3 aliphatic rings. The Morgan fingerprint density at radius 2 is 1.79 bits per heavy atom. The van der Waals surface area contributed by atoms with Crippen LogP contribution in [0.25, 0.3) is 0 Å². The summed E-state index contributed by atoms with van der Waals surface area (Å²) < 4.78 is 70.5. The second-order valence-corrected chi connectivity index (χ2v) is 5.35. The second-order valence-electron chi connectivity index (χ2n) is 5.35. The summed E-state index contributed by atoms with van der Waals surface area (Å²) in [6, 6.07) is 0. The largest absolute Gasteiger partial charge is 0.449 e. The van der Waals surface area contributed by atoms with Crippen molar-refractivity contribution in [3.63, 3.8) is 0 Å². The van der Waals surface area contributed by atoms with E-state index in [4.69, 9.17) is 0 Å². The van der Waals surface area contributed by atoms with E-state index in [2.05, 4.69) is 4.74 Å². The van der Waals surface area contributed by atoms with Crippen molar-refractivity contribution in [1.29, 1.82) is 0 Å². The van der Waals surface area contributed by atoms with Crippen LogP contribution in [-0.4, -0.2) is 40.3 Å². The highest BCUT2D eigenvalue weighted by molar-refractivity contribution is 5.27. The van der Waals surface area contributed by atoms with E-state index in [1.54, 1.807) is 6.08 Å². The first kappa shape index (κ1) is 13.3. The Labute approximate surface area is 104 Å². The van der Waals surface area contributed by atoms with Crippen LogP contribution in [0, 0.1) is 17.8 Å². The highest BCUT2D eigenvalue weighted by Gasteiger charge is 2.84. The number of hydrogen-bond donors (Lipinski definition) is 2. The van der Waals surface area contributed by atoms with Crippen LogP contribution in [0.5, 0.6) is 0 Å². The number of fused-ring (bicyclic) bond motifs is 5. The molecule has 8 heteroatoms. The summed E-state index contributed by atoms with van der Waals surface area (Å²) in [6.07, 6.45) is -2.66. The Balaban J connectivity index is 2.11. The van der Waals surface area contributed by atoms with Crippen LogP contribution in [-0.2, 0) is 4.74 Å². The first-order valence-electron chi connectivity index (χ1n) is 5.77. The molecule has 19 heavy (non-hydrogen) atoms. The molecule has 1 aliphatic heterocycles. The summed E-state index contributed by atoms with van der Waals surface area (Å²) in [6.45, 7) is -0.756. The maximum absolute atomic E-state index is 14.2. The molecular formula is C11H11F5O3. The third kappa shape index (κ3) is 1.23. The predicted octanol–water partition coefficient (Wildman–Crippen LogP) is 1.46. The molecule has 3 nitrogen and oxygen atoms in total. The number of alkyl halides is 5. The fraction of sp³-hybridized carbons (Fsp3) is 0.818. The molecule has 0 spiro atoms. The van der Waals surface area contributed by atoms with Crippen molar-refractivity contribution in [1.82, 2.24) is 0 Å². The van der Waals surface area contributed by atoms with Crippen molar-refractivity contribution in [3.8, 4) is 0 Å². The summed E-state index contributed by atoms with van der Waals surface area (Å²) in [7, 11) is 0. The molecule has 1 heterocycles. The number of ether oxygens (including phenoxy) is 1. The zero-order valence-corrected chi connectivity index (χ0v) is 9.49. The van der Waals surface area contributed by atoms with Crippen LogP contribution in [0.4, 0.5) is 22.0 Å². The smallest absolute Gasteiger partial charge is 0.382 e. The van der Waals surface area contributed by atoms with Crippen LogP contribution in [0.15, 0.2) is 12.2 Å². The highest BCUT2D eigenvalue weighted by Crippen LogP contribution is 2.64. The van der Waals surface area contributed by atoms with E-state index >= 15 is 0 Å². The van der Waals surface area contributed by atoms with Gasteiger partial charge in [-0.2, -0.15) is 22.0 Å². The van der Waals surface area contributed by atoms with E-state index in [9.17, 15) is 32.2 Å². The molecule has 5 unspecified atom stereocenters. The molecule has 0 radical (unpaired) electrons. The number of aliphatic hydroxyl groups is 2. The van der Waals surface area contributed by atoms with E-state index in [1.165, 1.54) is 6.08 Å². The van der Waals surface area contributed by atoms with E-state index in [0.717, 1.165) is 0 Å². The van der Waals surface area contributed by atoms with Crippen molar-refractivity contribution in [3.05, 3.63) is 12.2 Å². The monoisotopic (exact) mass is 286 g/mol. The van der Waals surface area contributed by atoms with Gasteiger partial charge in [0.1, 0.15) is 5.60 Å². The number of halogens is 5. The molecule has 3 rings (SSSR count). The van der Waals surface area contributed by atoms with E-state index in [0.29, 0.717) is 0 Å². The zero-order valence-electron chi connectivity index (χ0n) is 9.49. The average molecular weight is 286 g/mol. The summed E-state index contributed by atoms with van der Waals surface area (Å²) in [5.41, 5.74) is -2.92. The fourth-order valence-electron chi connectivity index (χ4n) is 3.50. The van der Waals surface area contributed by atoms with Gasteiger partial charge >= 0.3 is 17.9 Å². The number of rotatable bonds is 0. The third-order valence-electron chi connectivity index (χ3n) is 4.55. The Bertz CT molecular complexity index is 448. The normalized spacial score (nSPS) is 51.4. The standard InChI is InChI=1S/C11H11F5O3/c12-9(13)8(17)6-2-1-5(3-6)7(8)4-19-10(9,18)11(14,15)16/h1-2,5-7,17-18H,3-4H2.